The Labute approximate surface area is 110 Å². The van der Waals surface area contributed by atoms with Gasteiger partial charge in [0.05, 0.1) is 6.42 Å². The minimum Gasteiger partial charge on any atom is -0.479 e. The van der Waals surface area contributed by atoms with Gasteiger partial charge in [0.2, 0.25) is 5.60 Å². The molecule has 2 atom stereocenters. The molecule has 1 rings (SSSR count). The molecule has 0 bridgehead atoms. The van der Waals surface area contributed by atoms with Crippen molar-refractivity contribution in [3.05, 3.63) is 12.3 Å². The van der Waals surface area contributed by atoms with Crippen LogP contribution >= 0.6 is 0 Å². The van der Waals surface area contributed by atoms with E-state index < -0.39 is 42.5 Å². The largest absolute Gasteiger partial charge is 0.479 e. The van der Waals surface area contributed by atoms with Gasteiger partial charge in [-0.3, -0.25) is 4.79 Å². The van der Waals surface area contributed by atoms with Gasteiger partial charge in [-0.05, 0) is 20.8 Å². The van der Waals surface area contributed by atoms with Crippen molar-refractivity contribution in [3.8, 4) is 0 Å². The highest BCUT2D eigenvalue weighted by atomic mass is 16.7. The molecular formula is C12H18O7. The molecule has 1 fully saturated rings. The predicted octanol–water partition coefficient (Wildman–Crippen LogP) is 0.420. The Kier molecular flexibility index (Phi) is 4.21. The van der Waals surface area contributed by atoms with E-state index in [0.29, 0.717) is 0 Å². The fourth-order valence-electron chi connectivity index (χ4n) is 1.62. The van der Waals surface area contributed by atoms with Crippen molar-refractivity contribution in [2.45, 2.75) is 44.5 Å². The van der Waals surface area contributed by atoms with Gasteiger partial charge in [0, 0.05) is 0 Å². The van der Waals surface area contributed by atoms with Crippen LogP contribution in [0.5, 0.6) is 0 Å². The van der Waals surface area contributed by atoms with E-state index in [9.17, 15) is 19.8 Å². The number of hydrogen-bond donors (Lipinski definition) is 2. The molecule has 7 heteroatoms. The molecule has 0 amide bonds. The molecule has 0 aliphatic carbocycles. The molecule has 0 saturated carbocycles. The molecule has 7 nitrogen and oxygen atoms in total. The Morgan fingerprint density at radius 3 is 2.58 bits per heavy atom. The number of carbonyl (C=O) groups excluding carboxylic acids is 1. The minimum atomic E-state index is -2.13. The summed E-state index contributed by atoms with van der Waals surface area (Å²) < 4.78 is 14.8. The lowest BCUT2D eigenvalue weighted by molar-refractivity contribution is -0.233. The Bertz CT molecular complexity index is 395. The van der Waals surface area contributed by atoms with E-state index in [-0.39, 0.29) is 5.76 Å². The topological polar surface area (TPSA) is 102 Å². The lowest BCUT2D eigenvalue weighted by Gasteiger charge is -2.38. The number of rotatable bonds is 3. The number of carbonyl (C=O) groups is 2. The van der Waals surface area contributed by atoms with Crippen LogP contribution in [0.25, 0.3) is 0 Å². The number of ether oxygens (including phenoxy) is 3. The van der Waals surface area contributed by atoms with E-state index in [1.807, 2.05) is 0 Å². The highest BCUT2D eigenvalue weighted by Crippen LogP contribution is 2.31. The first-order valence-electron chi connectivity index (χ1n) is 5.67. The van der Waals surface area contributed by atoms with Gasteiger partial charge in [0.25, 0.3) is 0 Å². The van der Waals surface area contributed by atoms with Gasteiger partial charge >= 0.3 is 11.9 Å². The summed E-state index contributed by atoms with van der Waals surface area (Å²) in [6, 6.07) is 0. The molecule has 1 aliphatic rings. The number of esters is 1. The molecule has 0 aromatic heterocycles. The van der Waals surface area contributed by atoms with E-state index in [0.717, 1.165) is 0 Å². The van der Waals surface area contributed by atoms with Gasteiger partial charge < -0.3 is 24.4 Å². The summed E-state index contributed by atoms with van der Waals surface area (Å²) in [6.45, 7) is 7.94. The molecule has 0 spiro atoms. The van der Waals surface area contributed by atoms with Crippen molar-refractivity contribution >= 4 is 11.9 Å². The second-order valence-electron chi connectivity index (χ2n) is 5.23. The van der Waals surface area contributed by atoms with Crippen LogP contribution in [-0.2, 0) is 23.8 Å². The zero-order valence-electron chi connectivity index (χ0n) is 11.1. The summed E-state index contributed by atoms with van der Waals surface area (Å²) in [6.07, 6.45) is -2.28. The van der Waals surface area contributed by atoms with Gasteiger partial charge in [-0.25, -0.2) is 4.79 Å². The Hall–Kier alpha value is -1.60. The van der Waals surface area contributed by atoms with E-state index in [4.69, 9.17) is 14.2 Å². The van der Waals surface area contributed by atoms with Gasteiger partial charge in [0.15, 0.2) is 12.9 Å². The van der Waals surface area contributed by atoms with Gasteiger partial charge in [-0.15, -0.1) is 0 Å². The SMILES string of the molecule is C=C1OCOC(CC(=O)OC(C)(C)C)(C(=O)O)C1O. The average Bonchev–Trinajstić information content (AvgIpc) is 2.21. The summed E-state index contributed by atoms with van der Waals surface area (Å²) in [5, 5.41) is 19.1. The van der Waals surface area contributed by atoms with Crippen molar-refractivity contribution in [1.82, 2.24) is 0 Å². The zero-order valence-corrected chi connectivity index (χ0v) is 11.1. The third-order valence-corrected chi connectivity index (χ3v) is 2.50. The minimum absolute atomic E-state index is 0.155. The summed E-state index contributed by atoms with van der Waals surface area (Å²) in [5.74, 6) is -2.42. The Balaban J connectivity index is 2.92. The van der Waals surface area contributed by atoms with E-state index >= 15 is 0 Å². The molecule has 1 saturated heterocycles. The van der Waals surface area contributed by atoms with Crippen LogP contribution in [0.1, 0.15) is 27.2 Å². The smallest absolute Gasteiger partial charge is 0.340 e. The first kappa shape index (κ1) is 15.5. The van der Waals surface area contributed by atoms with Crippen molar-refractivity contribution in [2.75, 3.05) is 6.79 Å². The predicted molar refractivity (Wildman–Crippen MR) is 63.0 cm³/mol. The maximum atomic E-state index is 11.7. The van der Waals surface area contributed by atoms with Crippen LogP contribution in [0, 0.1) is 0 Å². The molecule has 19 heavy (non-hydrogen) atoms. The first-order valence-corrected chi connectivity index (χ1v) is 5.67. The Morgan fingerprint density at radius 1 is 1.53 bits per heavy atom. The van der Waals surface area contributed by atoms with Crippen LogP contribution in [0.15, 0.2) is 12.3 Å². The van der Waals surface area contributed by atoms with Crippen LogP contribution in [0.4, 0.5) is 0 Å². The number of carboxylic acids is 1. The molecule has 0 aromatic rings. The van der Waals surface area contributed by atoms with Crippen molar-refractivity contribution < 1.29 is 34.0 Å². The fourth-order valence-corrected chi connectivity index (χ4v) is 1.62. The summed E-state index contributed by atoms with van der Waals surface area (Å²) in [5.41, 5.74) is -2.89. The number of hydrogen-bond acceptors (Lipinski definition) is 6. The molecule has 2 N–H and O–H groups in total. The second-order valence-corrected chi connectivity index (χ2v) is 5.23. The maximum absolute atomic E-state index is 11.7. The number of carboxylic acid groups (broad SMARTS) is 1. The van der Waals surface area contributed by atoms with E-state index in [2.05, 4.69) is 6.58 Å². The standard InChI is InChI=1S/C12H18O7/c1-7-9(14)12(10(15)16,18-6-17-7)5-8(13)19-11(2,3)4/h9,14H,1,5-6H2,2-4H3,(H,15,16). The van der Waals surface area contributed by atoms with Crippen LogP contribution in [-0.4, -0.2) is 46.3 Å². The first-order chi connectivity index (χ1) is 8.58. The average molecular weight is 274 g/mol. The molecule has 1 aliphatic heterocycles. The van der Waals surface area contributed by atoms with Gasteiger partial charge in [0.1, 0.15) is 11.4 Å². The van der Waals surface area contributed by atoms with Crippen molar-refractivity contribution in [3.63, 3.8) is 0 Å². The van der Waals surface area contributed by atoms with Gasteiger partial charge in [-0.1, -0.05) is 6.58 Å². The zero-order chi connectivity index (χ0) is 14.8. The summed E-state index contributed by atoms with van der Waals surface area (Å²) in [4.78, 5) is 23.1. The number of aliphatic carboxylic acids is 1. The highest BCUT2D eigenvalue weighted by Gasteiger charge is 2.53. The Morgan fingerprint density at radius 2 is 2.11 bits per heavy atom. The monoisotopic (exact) mass is 274 g/mol. The van der Waals surface area contributed by atoms with E-state index in [1.54, 1.807) is 20.8 Å². The highest BCUT2D eigenvalue weighted by molar-refractivity contribution is 5.86. The molecular weight excluding hydrogens is 256 g/mol. The van der Waals surface area contributed by atoms with Crippen LogP contribution < -0.4 is 0 Å². The lowest BCUT2D eigenvalue weighted by Crippen LogP contribution is -2.57. The molecule has 2 unspecified atom stereocenters. The molecule has 0 radical (unpaired) electrons. The van der Waals surface area contributed by atoms with Crippen LogP contribution in [0.3, 0.4) is 0 Å². The maximum Gasteiger partial charge on any atom is 0.340 e. The van der Waals surface area contributed by atoms with Crippen LogP contribution in [0.2, 0.25) is 0 Å². The van der Waals surface area contributed by atoms with Crippen molar-refractivity contribution in [1.29, 1.82) is 0 Å². The van der Waals surface area contributed by atoms with Crippen molar-refractivity contribution in [2.24, 2.45) is 0 Å². The normalized spacial score (nSPS) is 27.6. The third-order valence-electron chi connectivity index (χ3n) is 2.50. The molecule has 0 aromatic carbocycles. The third kappa shape index (κ3) is 3.45. The lowest BCUT2D eigenvalue weighted by atomic mass is 9.90. The molecule has 108 valence electrons. The quantitative estimate of drug-likeness (QED) is 0.719. The number of aliphatic hydroxyl groups excluding tert-OH is 1. The summed E-state index contributed by atoms with van der Waals surface area (Å²) in [7, 11) is 0. The number of aliphatic hydroxyl groups is 1. The van der Waals surface area contributed by atoms with Gasteiger partial charge in [-0.2, -0.15) is 0 Å². The second kappa shape index (κ2) is 5.18. The van der Waals surface area contributed by atoms with E-state index in [1.165, 1.54) is 0 Å². The molecule has 1 heterocycles. The fraction of sp³-hybridized carbons (Fsp3) is 0.667. The summed E-state index contributed by atoms with van der Waals surface area (Å²) >= 11 is 0.